The first-order chi connectivity index (χ1) is 19.4. The summed E-state index contributed by atoms with van der Waals surface area (Å²) in [7, 11) is 2.07. The molecule has 3 aromatic rings. The van der Waals surface area contributed by atoms with Gasteiger partial charge in [-0.2, -0.15) is 0 Å². The molecule has 3 heterocycles. The number of carbonyl (C=O) groups is 3. The van der Waals surface area contributed by atoms with Crippen LogP contribution in [0.3, 0.4) is 0 Å². The van der Waals surface area contributed by atoms with Gasteiger partial charge >= 0.3 is 6.09 Å². The lowest BCUT2D eigenvalue weighted by Gasteiger charge is -2.24. The minimum Gasteiger partial charge on any atom is -0.444 e. The van der Waals surface area contributed by atoms with Crippen LogP contribution in [0.25, 0.3) is 0 Å². The predicted octanol–water partition coefficient (Wildman–Crippen LogP) is 4.55. The number of nitrogens with one attached hydrogen (secondary N) is 2. The average molecular weight is 577 g/mol. The summed E-state index contributed by atoms with van der Waals surface area (Å²) in [5.41, 5.74) is 8.63. The van der Waals surface area contributed by atoms with Gasteiger partial charge in [-0.05, 0) is 63.7 Å². The first-order valence-electron chi connectivity index (χ1n) is 13.7. The molecule has 2 aromatic carbocycles. The third-order valence-corrected chi connectivity index (χ3v) is 8.18. The number of hydrogen-bond acceptors (Lipinski definition) is 8. The molecule has 10 nitrogen and oxygen atoms in total. The molecule has 5 rings (SSSR count). The number of hydrogen-bond donors (Lipinski definition) is 3. The molecule has 41 heavy (non-hydrogen) atoms. The summed E-state index contributed by atoms with van der Waals surface area (Å²) in [6, 6.07) is 14.2. The van der Waals surface area contributed by atoms with Gasteiger partial charge in [0.05, 0.1) is 11.6 Å². The number of likely N-dealkylation sites (tertiary alicyclic amines) is 1. The monoisotopic (exact) mass is 576 g/mol. The Morgan fingerprint density at radius 2 is 1.85 bits per heavy atom. The maximum atomic E-state index is 13.5. The quantitative estimate of drug-likeness (QED) is 0.380. The Bertz CT molecular complexity index is 1470. The fourth-order valence-electron chi connectivity index (χ4n) is 5.19. The van der Waals surface area contributed by atoms with Crippen molar-refractivity contribution < 1.29 is 19.1 Å². The maximum absolute atomic E-state index is 13.5. The lowest BCUT2D eigenvalue weighted by molar-refractivity contribution is -0.119. The number of aromatic nitrogens is 1. The van der Waals surface area contributed by atoms with Crippen LogP contribution in [0.15, 0.2) is 48.5 Å². The van der Waals surface area contributed by atoms with Crippen LogP contribution in [0.5, 0.6) is 0 Å². The van der Waals surface area contributed by atoms with Crippen LogP contribution in [0.2, 0.25) is 0 Å². The SMILES string of the molecule is CN1CCc2nc(NC(=O)c3cccc([C@H]4CN(C(=O)OC(C)(C)C)C[C@@H]4C(=O)Nc4cccc(N)c4)c3)sc2C1. The van der Waals surface area contributed by atoms with Gasteiger partial charge in [0.15, 0.2) is 5.13 Å². The molecule has 0 spiro atoms. The zero-order valence-corrected chi connectivity index (χ0v) is 24.6. The highest BCUT2D eigenvalue weighted by atomic mass is 32.1. The van der Waals surface area contributed by atoms with E-state index in [9.17, 15) is 14.4 Å². The maximum Gasteiger partial charge on any atom is 0.410 e. The van der Waals surface area contributed by atoms with Crippen LogP contribution in [-0.4, -0.2) is 65.0 Å². The molecule has 11 heteroatoms. The second-order valence-electron chi connectivity index (χ2n) is 11.7. The van der Waals surface area contributed by atoms with E-state index in [4.69, 9.17) is 10.5 Å². The second-order valence-corrected chi connectivity index (χ2v) is 12.8. The lowest BCUT2D eigenvalue weighted by Crippen LogP contribution is -2.36. The Morgan fingerprint density at radius 1 is 1.07 bits per heavy atom. The van der Waals surface area contributed by atoms with Crippen molar-refractivity contribution in [1.82, 2.24) is 14.8 Å². The topological polar surface area (TPSA) is 130 Å². The molecule has 216 valence electrons. The van der Waals surface area contributed by atoms with E-state index < -0.39 is 17.6 Å². The molecule has 2 atom stereocenters. The number of amides is 3. The Labute approximate surface area is 243 Å². The number of nitrogen functional groups attached to an aromatic ring is 1. The van der Waals surface area contributed by atoms with Gasteiger partial charge in [0.25, 0.3) is 5.91 Å². The van der Waals surface area contributed by atoms with Crippen LogP contribution < -0.4 is 16.4 Å². The van der Waals surface area contributed by atoms with Crippen LogP contribution in [-0.2, 0) is 22.5 Å². The van der Waals surface area contributed by atoms with Gasteiger partial charge in [-0.15, -0.1) is 11.3 Å². The summed E-state index contributed by atoms with van der Waals surface area (Å²) in [4.78, 5) is 49.3. The Morgan fingerprint density at radius 3 is 2.61 bits per heavy atom. The van der Waals surface area contributed by atoms with Crippen molar-refractivity contribution in [3.8, 4) is 0 Å². The summed E-state index contributed by atoms with van der Waals surface area (Å²) in [5, 5.41) is 6.47. The van der Waals surface area contributed by atoms with E-state index in [0.717, 1.165) is 30.8 Å². The second kappa shape index (κ2) is 11.5. The molecule has 1 saturated heterocycles. The van der Waals surface area contributed by atoms with Gasteiger partial charge < -0.3 is 25.6 Å². The molecule has 0 saturated carbocycles. The zero-order chi connectivity index (χ0) is 29.3. The number of thiazole rings is 1. The van der Waals surface area contributed by atoms with E-state index in [0.29, 0.717) is 22.1 Å². The predicted molar refractivity (Wildman–Crippen MR) is 160 cm³/mol. The van der Waals surface area contributed by atoms with Crippen LogP contribution in [0.1, 0.15) is 53.2 Å². The molecule has 0 unspecified atom stereocenters. The van der Waals surface area contributed by atoms with Crippen molar-refractivity contribution in [1.29, 1.82) is 0 Å². The van der Waals surface area contributed by atoms with Crippen LogP contribution >= 0.6 is 11.3 Å². The molecular weight excluding hydrogens is 540 g/mol. The number of benzene rings is 2. The summed E-state index contributed by atoms with van der Waals surface area (Å²) < 4.78 is 5.60. The molecule has 1 fully saturated rings. The van der Waals surface area contributed by atoms with E-state index in [1.807, 2.05) is 26.8 Å². The number of likely N-dealkylation sites (N-methyl/N-ethyl adjacent to an activating group) is 1. The molecule has 0 aliphatic carbocycles. The normalized spacial score (nSPS) is 19.0. The number of nitrogens with zero attached hydrogens (tertiary/aromatic N) is 3. The third kappa shape index (κ3) is 6.86. The number of anilines is 3. The van der Waals surface area contributed by atoms with Gasteiger partial charge in [-0.1, -0.05) is 18.2 Å². The van der Waals surface area contributed by atoms with Gasteiger partial charge in [0.1, 0.15) is 5.60 Å². The van der Waals surface area contributed by atoms with Crippen LogP contribution in [0, 0.1) is 5.92 Å². The molecule has 1 aromatic heterocycles. The summed E-state index contributed by atoms with van der Waals surface area (Å²) >= 11 is 1.50. The van der Waals surface area contributed by atoms with Gasteiger partial charge in [-0.3, -0.25) is 14.9 Å². The van der Waals surface area contributed by atoms with Crippen molar-refractivity contribution in [3.63, 3.8) is 0 Å². The molecule has 3 amide bonds. The zero-order valence-electron chi connectivity index (χ0n) is 23.8. The number of nitrogens with two attached hydrogens (primary N) is 1. The van der Waals surface area contributed by atoms with E-state index in [1.54, 1.807) is 47.4 Å². The third-order valence-electron chi connectivity index (χ3n) is 7.18. The van der Waals surface area contributed by atoms with Gasteiger partial charge in [0.2, 0.25) is 5.91 Å². The molecule has 0 radical (unpaired) electrons. The van der Waals surface area contributed by atoms with Gasteiger partial charge in [-0.25, -0.2) is 9.78 Å². The van der Waals surface area contributed by atoms with Crippen molar-refractivity contribution in [2.45, 2.75) is 45.3 Å². The van der Waals surface area contributed by atoms with Crippen molar-refractivity contribution in [2.75, 3.05) is 43.0 Å². The highest BCUT2D eigenvalue weighted by Crippen LogP contribution is 2.35. The summed E-state index contributed by atoms with van der Waals surface area (Å²) in [5.74, 6) is -1.42. The van der Waals surface area contributed by atoms with E-state index in [-0.39, 0.29) is 30.8 Å². The minimum absolute atomic E-state index is 0.184. The molecule has 2 aliphatic heterocycles. The standard InChI is InChI=1S/C30H36N6O4S/c1-30(2,3)40-29(39)36-15-22(23(16-36)27(38)32-21-10-6-9-20(31)14-21)18-7-5-8-19(13-18)26(37)34-28-33-24-11-12-35(4)17-25(24)41-28/h5-10,13-14,22-23H,11-12,15-17,31H2,1-4H3,(H,32,38)(H,33,34,37)/t22-,23+/m1/s1. The highest BCUT2D eigenvalue weighted by molar-refractivity contribution is 7.15. The summed E-state index contributed by atoms with van der Waals surface area (Å²) in [6.07, 6.45) is 0.386. The number of ether oxygens (including phenoxy) is 1. The van der Waals surface area contributed by atoms with Gasteiger partial charge in [0, 0.05) is 60.3 Å². The number of carbonyl (C=O) groups excluding carboxylic acids is 3. The van der Waals surface area contributed by atoms with Crippen molar-refractivity contribution in [2.24, 2.45) is 5.92 Å². The van der Waals surface area contributed by atoms with Crippen molar-refractivity contribution >= 4 is 45.8 Å². The Hall–Kier alpha value is -3.96. The first kappa shape index (κ1) is 28.6. The molecular formula is C30H36N6O4S. The highest BCUT2D eigenvalue weighted by Gasteiger charge is 2.42. The first-order valence-corrected chi connectivity index (χ1v) is 14.5. The fourth-order valence-corrected chi connectivity index (χ4v) is 6.27. The Balaban J connectivity index is 1.37. The largest absolute Gasteiger partial charge is 0.444 e. The van der Waals surface area contributed by atoms with E-state index in [1.165, 1.54) is 16.2 Å². The van der Waals surface area contributed by atoms with E-state index in [2.05, 4.69) is 27.6 Å². The number of rotatable bonds is 5. The van der Waals surface area contributed by atoms with Crippen LogP contribution in [0.4, 0.5) is 21.3 Å². The molecule has 2 aliphatic rings. The molecule has 4 N–H and O–H groups in total. The molecule has 0 bridgehead atoms. The van der Waals surface area contributed by atoms with Crippen molar-refractivity contribution in [3.05, 3.63) is 70.2 Å². The van der Waals surface area contributed by atoms with E-state index >= 15 is 0 Å². The average Bonchev–Trinajstić information content (AvgIpc) is 3.52. The number of fused-ring (bicyclic) bond motifs is 1. The fraction of sp³-hybridized carbons (Fsp3) is 0.400. The minimum atomic E-state index is -0.670. The Kier molecular flexibility index (Phi) is 8.01. The lowest BCUT2D eigenvalue weighted by atomic mass is 9.87. The summed E-state index contributed by atoms with van der Waals surface area (Å²) in [6.45, 7) is 7.66. The smallest absolute Gasteiger partial charge is 0.410 e.